The normalized spacial score (nSPS) is 11.4. The minimum atomic E-state index is -0.220. The van der Waals surface area contributed by atoms with Crippen LogP contribution in [-0.2, 0) is 4.79 Å². The molecule has 0 aliphatic carbocycles. The fraction of sp³-hybridized carbons (Fsp3) is 0.105. The maximum Gasteiger partial charge on any atom is 0.251 e. The smallest absolute Gasteiger partial charge is 0.251 e. The Morgan fingerprint density at radius 1 is 1.12 bits per heavy atom. The lowest BCUT2D eigenvalue weighted by Crippen LogP contribution is -2.19. The highest BCUT2D eigenvalue weighted by molar-refractivity contribution is 5.98. The summed E-state index contributed by atoms with van der Waals surface area (Å²) in [5, 5.41) is 0. The Morgan fingerprint density at radius 2 is 1.80 bits per heavy atom. The lowest BCUT2D eigenvalue weighted by molar-refractivity contribution is -0.115. The Hall–Kier alpha value is -3.41. The third-order valence-electron chi connectivity index (χ3n) is 3.60. The molecule has 1 amide bonds. The lowest BCUT2D eigenvalue weighted by atomic mass is 10.1. The monoisotopic (exact) mass is 333 g/mol. The molecule has 3 rings (SSSR count). The second kappa shape index (κ2) is 7.00. The van der Waals surface area contributed by atoms with Crippen molar-refractivity contribution in [2.75, 3.05) is 5.43 Å². The summed E-state index contributed by atoms with van der Waals surface area (Å²) in [6, 6.07) is 17.4. The van der Waals surface area contributed by atoms with E-state index in [0.717, 1.165) is 16.7 Å². The van der Waals surface area contributed by atoms with Gasteiger partial charge in [0.15, 0.2) is 0 Å². The molecule has 2 aromatic carbocycles. The summed E-state index contributed by atoms with van der Waals surface area (Å²) in [6.07, 6.45) is 1.73. The van der Waals surface area contributed by atoms with E-state index >= 15 is 0 Å². The maximum absolute atomic E-state index is 11.5. The zero-order valence-corrected chi connectivity index (χ0v) is 14.1. The van der Waals surface area contributed by atoms with Crippen molar-refractivity contribution in [2.45, 2.75) is 13.8 Å². The fourth-order valence-corrected chi connectivity index (χ4v) is 2.35. The number of benzene rings is 2. The number of carbonyl (C=O) groups excluding carboxylic acids is 1. The molecule has 0 bridgehead atoms. The van der Waals surface area contributed by atoms with Crippen molar-refractivity contribution in [2.24, 2.45) is 10.7 Å². The van der Waals surface area contributed by atoms with Crippen LogP contribution in [0.5, 0.6) is 0 Å². The van der Waals surface area contributed by atoms with Crippen molar-refractivity contribution in [1.29, 1.82) is 0 Å². The molecule has 1 aromatic heterocycles. The first kappa shape index (κ1) is 16.4. The van der Waals surface area contributed by atoms with Gasteiger partial charge >= 0.3 is 0 Å². The SMILES string of the molecule is CC(=O)Nn1cc(-c2ccc(C)cc2)nc1/N=C(\N)c1ccccc1. The van der Waals surface area contributed by atoms with E-state index < -0.39 is 0 Å². The molecule has 126 valence electrons. The quantitative estimate of drug-likeness (QED) is 0.568. The molecule has 6 heteroatoms. The second-order valence-electron chi connectivity index (χ2n) is 5.69. The lowest BCUT2D eigenvalue weighted by Gasteiger charge is -2.05. The molecule has 0 saturated heterocycles. The average molecular weight is 333 g/mol. The summed E-state index contributed by atoms with van der Waals surface area (Å²) in [6.45, 7) is 3.45. The topological polar surface area (TPSA) is 85.3 Å². The van der Waals surface area contributed by atoms with Gasteiger partial charge in [0.25, 0.3) is 5.95 Å². The number of amidine groups is 1. The van der Waals surface area contributed by atoms with Crippen molar-refractivity contribution >= 4 is 17.7 Å². The van der Waals surface area contributed by atoms with Gasteiger partial charge in [0.2, 0.25) is 5.91 Å². The molecular formula is C19H19N5O. The summed E-state index contributed by atoms with van der Waals surface area (Å²) in [4.78, 5) is 20.4. The van der Waals surface area contributed by atoms with Gasteiger partial charge in [0.05, 0.1) is 11.9 Å². The number of amides is 1. The van der Waals surface area contributed by atoms with Crippen LogP contribution in [0.1, 0.15) is 18.1 Å². The molecule has 0 unspecified atom stereocenters. The van der Waals surface area contributed by atoms with Gasteiger partial charge < -0.3 is 5.73 Å². The molecule has 6 nitrogen and oxygen atoms in total. The number of hydrogen-bond acceptors (Lipinski definition) is 3. The van der Waals surface area contributed by atoms with E-state index in [9.17, 15) is 4.79 Å². The molecule has 0 spiro atoms. The Morgan fingerprint density at radius 3 is 2.44 bits per heavy atom. The van der Waals surface area contributed by atoms with Gasteiger partial charge in [0.1, 0.15) is 5.84 Å². The van der Waals surface area contributed by atoms with E-state index in [2.05, 4.69) is 15.4 Å². The Labute approximate surface area is 146 Å². The summed E-state index contributed by atoms with van der Waals surface area (Å²) in [7, 11) is 0. The highest BCUT2D eigenvalue weighted by atomic mass is 16.2. The number of aryl methyl sites for hydroxylation is 1. The first-order chi connectivity index (χ1) is 12.0. The van der Waals surface area contributed by atoms with Crippen LogP contribution in [0.15, 0.2) is 65.8 Å². The van der Waals surface area contributed by atoms with E-state index in [1.165, 1.54) is 11.6 Å². The van der Waals surface area contributed by atoms with Crippen LogP contribution in [0, 0.1) is 6.92 Å². The van der Waals surface area contributed by atoms with E-state index in [0.29, 0.717) is 17.5 Å². The van der Waals surface area contributed by atoms with Crippen molar-refractivity contribution < 1.29 is 4.79 Å². The van der Waals surface area contributed by atoms with Gasteiger partial charge in [-0.15, -0.1) is 0 Å². The molecule has 0 aliphatic heterocycles. The minimum absolute atomic E-state index is 0.220. The number of hydrogen-bond donors (Lipinski definition) is 2. The molecule has 25 heavy (non-hydrogen) atoms. The van der Waals surface area contributed by atoms with E-state index in [4.69, 9.17) is 5.73 Å². The molecule has 3 aromatic rings. The standard InChI is InChI=1S/C19H19N5O/c1-13-8-10-15(11-9-13)17-12-24(23-14(2)25)19(21-17)22-18(20)16-6-4-3-5-7-16/h3-12H,1-2H3,(H,23,25)(H2,20,21,22). The summed E-state index contributed by atoms with van der Waals surface area (Å²) < 4.78 is 1.48. The fourth-order valence-electron chi connectivity index (χ4n) is 2.35. The van der Waals surface area contributed by atoms with Gasteiger partial charge in [-0.05, 0) is 6.92 Å². The number of aliphatic imine (C=N–C) groups is 1. The first-order valence-electron chi connectivity index (χ1n) is 7.86. The van der Waals surface area contributed by atoms with Crippen molar-refractivity contribution in [3.8, 4) is 11.3 Å². The van der Waals surface area contributed by atoms with E-state index in [1.807, 2.05) is 61.5 Å². The molecular weight excluding hydrogens is 314 g/mol. The highest BCUT2D eigenvalue weighted by Gasteiger charge is 2.11. The van der Waals surface area contributed by atoms with E-state index in [-0.39, 0.29) is 5.91 Å². The molecule has 0 saturated carbocycles. The van der Waals surface area contributed by atoms with Crippen LogP contribution in [0.3, 0.4) is 0 Å². The second-order valence-corrected chi connectivity index (χ2v) is 5.69. The van der Waals surface area contributed by atoms with Crippen LogP contribution in [0.4, 0.5) is 5.95 Å². The summed E-state index contributed by atoms with van der Waals surface area (Å²) in [5.74, 6) is 0.419. The third kappa shape index (κ3) is 3.92. The number of nitrogens with zero attached hydrogens (tertiary/aromatic N) is 3. The van der Waals surface area contributed by atoms with Crippen LogP contribution in [-0.4, -0.2) is 21.4 Å². The van der Waals surface area contributed by atoms with Crippen molar-refractivity contribution in [3.05, 3.63) is 71.9 Å². The van der Waals surface area contributed by atoms with Crippen molar-refractivity contribution in [1.82, 2.24) is 9.66 Å². The van der Waals surface area contributed by atoms with Gasteiger partial charge in [-0.25, -0.2) is 9.66 Å². The minimum Gasteiger partial charge on any atom is -0.383 e. The number of imidazole rings is 1. The Kier molecular flexibility index (Phi) is 4.61. The molecule has 0 aliphatic rings. The summed E-state index contributed by atoms with van der Waals surface area (Å²) >= 11 is 0. The highest BCUT2D eigenvalue weighted by Crippen LogP contribution is 2.22. The molecule has 0 atom stereocenters. The number of nitrogens with one attached hydrogen (secondary N) is 1. The molecule has 3 N–H and O–H groups in total. The van der Waals surface area contributed by atoms with Crippen molar-refractivity contribution in [3.63, 3.8) is 0 Å². The Bertz CT molecular complexity index is 911. The molecule has 0 radical (unpaired) electrons. The summed E-state index contributed by atoms with van der Waals surface area (Å²) in [5.41, 5.74) is 12.4. The molecule has 1 heterocycles. The van der Waals surface area contributed by atoms with Gasteiger partial charge in [-0.1, -0.05) is 60.2 Å². The third-order valence-corrected chi connectivity index (χ3v) is 3.60. The maximum atomic E-state index is 11.5. The number of nitrogens with two attached hydrogens (primary N) is 1. The van der Waals surface area contributed by atoms with Crippen LogP contribution in [0.25, 0.3) is 11.3 Å². The first-order valence-corrected chi connectivity index (χ1v) is 7.86. The van der Waals surface area contributed by atoms with Crippen LogP contribution >= 0.6 is 0 Å². The zero-order chi connectivity index (χ0) is 17.8. The average Bonchev–Trinajstić information content (AvgIpc) is 2.98. The number of aromatic nitrogens is 2. The predicted molar refractivity (Wildman–Crippen MR) is 99.3 cm³/mol. The van der Waals surface area contributed by atoms with Gasteiger partial charge in [-0.3, -0.25) is 10.2 Å². The van der Waals surface area contributed by atoms with Gasteiger partial charge in [0, 0.05) is 18.1 Å². The van der Waals surface area contributed by atoms with Crippen LogP contribution in [0.2, 0.25) is 0 Å². The molecule has 0 fully saturated rings. The zero-order valence-electron chi connectivity index (χ0n) is 14.1. The number of rotatable bonds is 4. The largest absolute Gasteiger partial charge is 0.383 e. The predicted octanol–water partition coefficient (Wildman–Crippen LogP) is 2.99. The number of carbonyl (C=O) groups is 1. The van der Waals surface area contributed by atoms with Crippen LogP contribution < -0.4 is 11.2 Å². The van der Waals surface area contributed by atoms with E-state index in [1.54, 1.807) is 6.20 Å². The Balaban J connectivity index is 2.02. The van der Waals surface area contributed by atoms with Gasteiger partial charge in [-0.2, -0.15) is 4.99 Å².